The van der Waals surface area contributed by atoms with Gasteiger partial charge < -0.3 is 0 Å². The Morgan fingerprint density at radius 2 is 1.78 bits per heavy atom. The van der Waals surface area contributed by atoms with Gasteiger partial charge in [0.25, 0.3) is 0 Å². The molecule has 0 bridgehead atoms. The molecule has 3 rings (SSSR count). The highest BCUT2D eigenvalue weighted by Gasteiger charge is 2.11. The first-order chi connectivity index (χ1) is 8.93. The Kier molecular flexibility index (Phi) is 3.27. The number of hydrogen-bond donors (Lipinski definition) is 0. The third-order valence-corrected chi connectivity index (χ3v) is 3.71. The van der Waals surface area contributed by atoms with Crippen LogP contribution in [0.3, 0.4) is 0 Å². The van der Waals surface area contributed by atoms with Crippen molar-refractivity contribution in [2.45, 2.75) is 25.7 Å². The van der Waals surface area contributed by atoms with E-state index >= 15 is 0 Å². The van der Waals surface area contributed by atoms with Crippen LogP contribution in [0.25, 0.3) is 5.57 Å². The second kappa shape index (κ2) is 5.22. The molecule has 0 amide bonds. The minimum Gasteiger partial charge on any atom is -0.0805 e. The summed E-state index contributed by atoms with van der Waals surface area (Å²) in [7, 11) is 0. The van der Waals surface area contributed by atoms with Crippen LogP contribution < -0.4 is 0 Å². The molecule has 0 saturated heterocycles. The van der Waals surface area contributed by atoms with Crippen LogP contribution in [0.15, 0.2) is 71.9 Å². The van der Waals surface area contributed by atoms with Crippen molar-refractivity contribution in [3.63, 3.8) is 0 Å². The monoisotopic (exact) mass is 234 g/mol. The lowest BCUT2D eigenvalue weighted by atomic mass is 9.97. The Morgan fingerprint density at radius 3 is 2.56 bits per heavy atom. The van der Waals surface area contributed by atoms with Gasteiger partial charge >= 0.3 is 0 Å². The van der Waals surface area contributed by atoms with Crippen molar-refractivity contribution in [3.05, 3.63) is 77.4 Å². The molecular formula is C18H18. The van der Waals surface area contributed by atoms with Crippen LogP contribution in [-0.2, 0) is 0 Å². The minimum atomic E-state index is 1.13. The fourth-order valence-corrected chi connectivity index (χ4v) is 2.69. The van der Waals surface area contributed by atoms with Gasteiger partial charge in [-0.25, -0.2) is 0 Å². The van der Waals surface area contributed by atoms with Crippen LogP contribution in [-0.4, -0.2) is 0 Å². The Labute approximate surface area is 109 Å². The molecule has 0 heteroatoms. The summed E-state index contributed by atoms with van der Waals surface area (Å²) in [5.41, 5.74) is 5.97. The predicted octanol–water partition coefficient (Wildman–Crippen LogP) is 5.07. The molecule has 0 saturated carbocycles. The van der Waals surface area contributed by atoms with Gasteiger partial charge in [-0.15, -0.1) is 0 Å². The van der Waals surface area contributed by atoms with Gasteiger partial charge in [-0.2, -0.15) is 0 Å². The molecule has 18 heavy (non-hydrogen) atoms. The zero-order valence-electron chi connectivity index (χ0n) is 10.6. The zero-order valence-corrected chi connectivity index (χ0v) is 10.6. The van der Waals surface area contributed by atoms with Crippen molar-refractivity contribution in [2.75, 3.05) is 0 Å². The highest BCUT2D eigenvalue weighted by atomic mass is 14.2. The third kappa shape index (κ3) is 2.38. The highest BCUT2D eigenvalue weighted by molar-refractivity contribution is 5.79. The Bertz CT molecular complexity index is 539. The summed E-state index contributed by atoms with van der Waals surface area (Å²) in [5, 5.41) is 0. The molecule has 90 valence electrons. The molecule has 0 spiro atoms. The molecule has 2 aliphatic rings. The van der Waals surface area contributed by atoms with Crippen LogP contribution in [0.4, 0.5) is 0 Å². The van der Waals surface area contributed by atoms with Gasteiger partial charge in [-0.1, -0.05) is 71.9 Å². The van der Waals surface area contributed by atoms with E-state index in [0.29, 0.717) is 0 Å². The summed E-state index contributed by atoms with van der Waals surface area (Å²) in [4.78, 5) is 0. The molecule has 0 radical (unpaired) electrons. The van der Waals surface area contributed by atoms with Gasteiger partial charge in [0.1, 0.15) is 0 Å². The number of hydrogen-bond acceptors (Lipinski definition) is 0. The lowest BCUT2D eigenvalue weighted by Crippen LogP contribution is -1.88. The van der Waals surface area contributed by atoms with Gasteiger partial charge in [0.15, 0.2) is 0 Å². The maximum atomic E-state index is 2.29. The second-order valence-electron chi connectivity index (χ2n) is 4.95. The van der Waals surface area contributed by atoms with Crippen molar-refractivity contribution in [2.24, 2.45) is 0 Å². The molecule has 0 fully saturated rings. The standard InChI is InChI=1S/C18H18/c1-2-9-16(10-3-1)18-12-6-11-17(18)14-13-15-7-4-5-8-15/h1-7,9-10,12H,8,11,13-14H2. The molecule has 0 aliphatic heterocycles. The Morgan fingerprint density at radius 1 is 0.889 bits per heavy atom. The van der Waals surface area contributed by atoms with Crippen LogP contribution in [0.2, 0.25) is 0 Å². The number of rotatable bonds is 4. The van der Waals surface area contributed by atoms with E-state index in [1.165, 1.54) is 24.0 Å². The lowest BCUT2D eigenvalue weighted by molar-refractivity contribution is 0.890. The van der Waals surface area contributed by atoms with Gasteiger partial charge in [0, 0.05) is 0 Å². The summed E-state index contributed by atoms with van der Waals surface area (Å²) in [6.07, 6.45) is 16.0. The molecule has 0 heterocycles. The fraction of sp³-hybridized carbons (Fsp3) is 0.222. The van der Waals surface area contributed by atoms with Gasteiger partial charge in [-0.3, -0.25) is 0 Å². The normalized spacial score (nSPS) is 17.7. The van der Waals surface area contributed by atoms with Crippen molar-refractivity contribution in [1.29, 1.82) is 0 Å². The molecular weight excluding hydrogens is 216 g/mol. The lowest BCUT2D eigenvalue weighted by Gasteiger charge is -2.08. The molecule has 0 N–H and O–H groups in total. The topological polar surface area (TPSA) is 0 Å². The SMILES string of the molecule is C1=CCC(CCC2=C(c3ccccc3)C=CC2)=C1. The largest absolute Gasteiger partial charge is 0.0805 e. The molecule has 0 atom stereocenters. The quantitative estimate of drug-likeness (QED) is 0.682. The molecule has 0 nitrogen and oxygen atoms in total. The van der Waals surface area contributed by atoms with E-state index < -0.39 is 0 Å². The molecule has 1 aromatic rings. The summed E-state index contributed by atoms with van der Waals surface area (Å²) < 4.78 is 0. The number of allylic oxidation sites excluding steroid dienone is 8. The van der Waals surface area contributed by atoms with Crippen LogP contribution >= 0.6 is 0 Å². The van der Waals surface area contributed by atoms with Gasteiger partial charge in [-0.05, 0) is 36.8 Å². The van der Waals surface area contributed by atoms with Crippen LogP contribution in [0.1, 0.15) is 31.2 Å². The van der Waals surface area contributed by atoms with E-state index in [4.69, 9.17) is 0 Å². The highest BCUT2D eigenvalue weighted by Crippen LogP contribution is 2.32. The van der Waals surface area contributed by atoms with Crippen LogP contribution in [0, 0.1) is 0 Å². The Balaban J connectivity index is 1.74. The summed E-state index contributed by atoms with van der Waals surface area (Å²) in [5.74, 6) is 0. The summed E-state index contributed by atoms with van der Waals surface area (Å²) in [6.45, 7) is 0. The summed E-state index contributed by atoms with van der Waals surface area (Å²) >= 11 is 0. The van der Waals surface area contributed by atoms with E-state index in [1.54, 1.807) is 11.1 Å². The van der Waals surface area contributed by atoms with E-state index in [1.807, 2.05) is 0 Å². The minimum absolute atomic E-state index is 1.13. The van der Waals surface area contributed by atoms with E-state index in [0.717, 1.165) is 12.8 Å². The molecule has 2 aliphatic carbocycles. The predicted molar refractivity (Wildman–Crippen MR) is 78.2 cm³/mol. The van der Waals surface area contributed by atoms with Crippen molar-refractivity contribution in [3.8, 4) is 0 Å². The smallest absolute Gasteiger partial charge is 0.0126 e. The van der Waals surface area contributed by atoms with Gasteiger partial charge in [0.05, 0.1) is 0 Å². The van der Waals surface area contributed by atoms with E-state index in [9.17, 15) is 0 Å². The van der Waals surface area contributed by atoms with Crippen molar-refractivity contribution >= 4 is 5.57 Å². The Hall–Kier alpha value is -1.82. The van der Waals surface area contributed by atoms with Crippen LogP contribution in [0.5, 0.6) is 0 Å². The zero-order chi connectivity index (χ0) is 12.2. The average Bonchev–Trinajstić information content (AvgIpc) is 3.09. The number of benzene rings is 1. The van der Waals surface area contributed by atoms with E-state index in [2.05, 4.69) is 60.7 Å². The first-order valence-electron chi connectivity index (χ1n) is 6.72. The first kappa shape index (κ1) is 11.3. The molecule has 1 aromatic carbocycles. The maximum Gasteiger partial charge on any atom is -0.0126 e. The first-order valence-corrected chi connectivity index (χ1v) is 6.72. The van der Waals surface area contributed by atoms with Crippen molar-refractivity contribution in [1.82, 2.24) is 0 Å². The second-order valence-corrected chi connectivity index (χ2v) is 4.95. The molecule has 0 aromatic heterocycles. The van der Waals surface area contributed by atoms with E-state index in [-0.39, 0.29) is 0 Å². The fourth-order valence-electron chi connectivity index (χ4n) is 2.69. The summed E-state index contributed by atoms with van der Waals surface area (Å²) in [6, 6.07) is 10.7. The molecule has 0 unspecified atom stereocenters. The van der Waals surface area contributed by atoms with Crippen molar-refractivity contribution < 1.29 is 0 Å². The maximum absolute atomic E-state index is 2.29. The average molecular weight is 234 g/mol. The third-order valence-electron chi connectivity index (χ3n) is 3.71. The van der Waals surface area contributed by atoms with Gasteiger partial charge in [0.2, 0.25) is 0 Å².